The van der Waals surface area contributed by atoms with Crippen LogP contribution in [0.3, 0.4) is 0 Å². The molecule has 3 amide bonds. The lowest BCUT2D eigenvalue weighted by Crippen LogP contribution is -2.51. The van der Waals surface area contributed by atoms with E-state index < -0.39 is 11.6 Å². The Morgan fingerprint density at radius 1 is 0.939 bits per heavy atom. The molecule has 1 aliphatic rings. The first-order chi connectivity index (χ1) is 15.8. The van der Waals surface area contributed by atoms with Crippen molar-refractivity contribution in [3.63, 3.8) is 0 Å². The van der Waals surface area contributed by atoms with Gasteiger partial charge in [0.1, 0.15) is 0 Å². The van der Waals surface area contributed by atoms with Gasteiger partial charge in [0.2, 0.25) is 0 Å². The summed E-state index contributed by atoms with van der Waals surface area (Å²) >= 11 is 0. The zero-order chi connectivity index (χ0) is 23.4. The summed E-state index contributed by atoms with van der Waals surface area (Å²) in [5.41, 5.74) is 3.13. The molecule has 1 heterocycles. The fraction of sp³-hybridized carbons (Fsp3) is 0.192. The van der Waals surface area contributed by atoms with Crippen molar-refractivity contribution in [2.24, 2.45) is 0 Å². The van der Waals surface area contributed by atoms with Gasteiger partial charge in [0.05, 0.1) is 5.56 Å². The number of nitrogens with one attached hydrogen (secondary N) is 3. The normalized spacial score (nSPS) is 16.8. The van der Waals surface area contributed by atoms with Gasteiger partial charge in [-0.05, 0) is 60.9 Å². The Balaban J connectivity index is 1.36. The molecular weight excluding hydrogens is 418 g/mol. The van der Waals surface area contributed by atoms with Crippen LogP contribution in [0.4, 0.5) is 16.2 Å². The van der Waals surface area contributed by atoms with Crippen LogP contribution < -0.4 is 16.0 Å². The molecule has 1 unspecified atom stereocenters. The van der Waals surface area contributed by atoms with Crippen LogP contribution in [-0.4, -0.2) is 23.5 Å². The summed E-state index contributed by atoms with van der Waals surface area (Å²) in [7, 11) is 0. The second-order valence-electron chi connectivity index (χ2n) is 8.29. The van der Waals surface area contributed by atoms with E-state index in [0.29, 0.717) is 23.4 Å². The van der Waals surface area contributed by atoms with Crippen molar-refractivity contribution in [2.75, 3.05) is 10.6 Å². The predicted octanol–water partition coefficient (Wildman–Crippen LogP) is 4.43. The number of hydrogen-bond acceptors (Lipinski definition) is 4. The summed E-state index contributed by atoms with van der Waals surface area (Å²) in [5.74, 6) is -0.874. The Bertz CT molecular complexity index is 1220. The molecule has 3 aromatic rings. The zero-order valence-corrected chi connectivity index (χ0v) is 18.5. The maximum absolute atomic E-state index is 12.9. The molecule has 0 saturated heterocycles. The number of aryl methyl sites for hydroxylation is 1. The minimum atomic E-state index is -1.28. The topological polar surface area (TPSA) is 96.5 Å². The molecule has 3 aromatic carbocycles. The summed E-state index contributed by atoms with van der Waals surface area (Å²) in [4.78, 5) is 37.5. The first-order valence-corrected chi connectivity index (χ1v) is 10.7. The smallest absolute Gasteiger partial charge is 0.339 e. The lowest BCUT2D eigenvalue weighted by molar-refractivity contribution is -0.139. The Morgan fingerprint density at radius 2 is 1.64 bits per heavy atom. The number of carbonyl (C=O) groups excluding carboxylic acids is 3. The highest BCUT2D eigenvalue weighted by molar-refractivity contribution is 6.00. The van der Waals surface area contributed by atoms with Crippen molar-refractivity contribution in [1.82, 2.24) is 5.32 Å². The van der Waals surface area contributed by atoms with Crippen LogP contribution in [0, 0.1) is 6.92 Å². The van der Waals surface area contributed by atoms with Gasteiger partial charge in [0.15, 0.2) is 5.60 Å². The zero-order valence-electron chi connectivity index (χ0n) is 18.5. The standard InChI is InChI=1S/C26H25N3O4/c1-17-7-5-10-20(13-17)28-25(32)29-21-11-6-8-18(14-21)16-27-24(31)26(2)15-19-9-3-4-12-22(19)23(30)33-26/h3-14H,15-16H2,1-2H3,(H,27,31)(H2,28,29,32). The fourth-order valence-corrected chi connectivity index (χ4v) is 3.80. The number of hydrogen-bond donors (Lipinski definition) is 3. The lowest BCUT2D eigenvalue weighted by Gasteiger charge is -2.33. The van der Waals surface area contributed by atoms with Gasteiger partial charge in [-0.3, -0.25) is 4.79 Å². The van der Waals surface area contributed by atoms with Gasteiger partial charge in [-0.25, -0.2) is 9.59 Å². The number of cyclic esters (lactones) is 1. The summed E-state index contributed by atoms with van der Waals surface area (Å²) < 4.78 is 5.48. The summed E-state index contributed by atoms with van der Waals surface area (Å²) in [6.07, 6.45) is 0.307. The highest BCUT2D eigenvalue weighted by atomic mass is 16.6. The molecule has 0 bridgehead atoms. The second kappa shape index (κ2) is 9.16. The van der Waals surface area contributed by atoms with E-state index in [2.05, 4.69) is 16.0 Å². The van der Waals surface area contributed by atoms with Crippen molar-refractivity contribution in [3.05, 3.63) is 95.1 Å². The van der Waals surface area contributed by atoms with E-state index in [-0.39, 0.29) is 18.5 Å². The number of anilines is 2. The average molecular weight is 444 g/mol. The van der Waals surface area contributed by atoms with Crippen LogP contribution >= 0.6 is 0 Å². The van der Waals surface area contributed by atoms with E-state index >= 15 is 0 Å². The van der Waals surface area contributed by atoms with Crippen LogP contribution in [0.15, 0.2) is 72.8 Å². The van der Waals surface area contributed by atoms with Crippen molar-refractivity contribution >= 4 is 29.3 Å². The quantitative estimate of drug-likeness (QED) is 0.509. The Kier molecular flexibility index (Phi) is 6.13. The van der Waals surface area contributed by atoms with Gasteiger partial charge >= 0.3 is 12.0 Å². The molecule has 0 fully saturated rings. The lowest BCUT2D eigenvalue weighted by atomic mass is 9.89. The number of amides is 3. The van der Waals surface area contributed by atoms with Crippen LogP contribution in [-0.2, 0) is 22.5 Å². The van der Waals surface area contributed by atoms with Crippen LogP contribution in [0.25, 0.3) is 0 Å². The molecule has 33 heavy (non-hydrogen) atoms. The van der Waals surface area contributed by atoms with Gasteiger partial charge < -0.3 is 20.7 Å². The minimum absolute atomic E-state index is 0.225. The van der Waals surface area contributed by atoms with Crippen molar-refractivity contribution in [1.29, 1.82) is 0 Å². The molecule has 7 heteroatoms. The first kappa shape index (κ1) is 22.1. The molecule has 3 N–H and O–H groups in total. The van der Waals surface area contributed by atoms with Crippen LogP contribution in [0.1, 0.15) is 34.0 Å². The van der Waals surface area contributed by atoms with Gasteiger partial charge in [0, 0.05) is 24.3 Å². The molecule has 0 radical (unpaired) electrons. The van der Waals surface area contributed by atoms with E-state index in [1.165, 1.54) is 0 Å². The highest BCUT2D eigenvalue weighted by Crippen LogP contribution is 2.28. The van der Waals surface area contributed by atoms with Gasteiger partial charge in [-0.2, -0.15) is 0 Å². The number of rotatable bonds is 5. The number of benzene rings is 3. The Labute approximate surface area is 192 Å². The average Bonchev–Trinajstić information content (AvgIpc) is 2.77. The molecule has 7 nitrogen and oxygen atoms in total. The molecule has 1 aliphatic heterocycles. The van der Waals surface area contributed by atoms with Crippen molar-refractivity contribution in [2.45, 2.75) is 32.4 Å². The number of esters is 1. The van der Waals surface area contributed by atoms with Crippen molar-refractivity contribution in [3.8, 4) is 0 Å². The molecule has 0 saturated carbocycles. The van der Waals surface area contributed by atoms with Gasteiger partial charge in [-0.1, -0.05) is 42.5 Å². The third-order valence-corrected chi connectivity index (χ3v) is 5.48. The van der Waals surface area contributed by atoms with Crippen molar-refractivity contribution < 1.29 is 19.1 Å². The molecule has 1 atom stereocenters. The summed E-state index contributed by atoms with van der Waals surface area (Å²) in [5, 5.41) is 8.43. The maximum Gasteiger partial charge on any atom is 0.339 e. The van der Waals surface area contributed by atoms with Crippen LogP contribution in [0.5, 0.6) is 0 Å². The van der Waals surface area contributed by atoms with E-state index in [4.69, 9.17) is 4.74 Å². The number of ether oxygens (including phenoxy) is 1. The van der Waals surface area contributed by atoms with Gasteiger partial charge in [-0.15, -0.1) is 0 Å². The molecular formula is C26H25N3O4. The van der Waals surface area contributed by atoms with Gasteiger partial charge in [0.25, 0.3) is 5.91 Å². The molecule has 168 valence electrons. The number of fused-ring (bicyclic) bond motifs is 1. The fourth-order valence-electron chi connectivity index (χ4n) is 3.80. The Morgan fingerprint density at radius 3 is 2.39 bits per heavy atom. The number of carbonyl (C=O) groups is 3. The summed E-state index contributed by atoms with van der Waals surface area (Å²) in [6.45, 7) is 3.79. The predicted molar refractivity (Wildman–Crippen MR) is 126 cm³/mol. The van der Waals surface area contributed by atoms with E-state index in [1.807, 2.05) is 49.4 Å². The third kappa shape index (κ3) is 5.20. The first-order valence-electron chi connectivity index (χ1n) is 10.7. The molecule has 0 aromatic heterocycles. The molecule has 4 rings (SSSR count). The SMILES string of the molecule is Cc1cccc(NC(=O)Nc2cccc(CNC(=O)C3(C)Cc4ccccc4C(=O)O3)c2)c1. The molecule has 0 spiro atoms. The second-order valence-corrected chi connectivity index (χ2v) is 8.29. The highest BCUT2D eigenvalue weighted by Gasteiger charge is 2.42. The third-order valence-electron chi connectivity index (χ3n) is 5.48. The molecule has 0 aliphatic carbocycles. The largest absolute Gasteiger partial charge is 0.445 e. The van der Waals surface area contributed by atoms with Crippen LogP contribution in [0.2, 0.25) is 0 Å². The Hall–Kier alpha value is -4.13. The van der Waals surface area contributed by atoms with E-state index in [9.17, 15) is 14.4 Å². The van der Waals surface area contributed by atoms with E-state index in [1.54, 1.807) is 37.3 Å². The number of urea groups is 1. The minimum Gasteiger partial charge on any atom is -0.445 e. The van der Waals surface area contributed by atoms with E-state index in [0.717, 1.165) is 16.7 Å². The maximum atomic E-state index is 12.9. The monoisotopic (exact) mass is 443 g/mol. The summed E-state index contributed by atoms with van der Waals surface area (Å²) in [6, 6.07) is 21.5.